The van der Waals surface area contributed by atoms with Crippen LogP contribution in [-0.4, -0.2) is 65.6 Å². The Morgan fingerprint density at radius 2 is 1.78 bits per heavy atom. The maximum absolute atomic E-state index is 13.8. The van der Waals surface area contributed by atoms with E-state index < -0.39 is 6.04 Å². The molecule has 1 aliphatic heterocycles. The lowest BCUT2D eigenvalue weighted by molar-refractivity contribution is -0.144. The van der Waals surface area contributed by atoms with E-state index in [2.05, 4.69) is 25.3 Å². The number of ether oxygens (including phenoxy) is 1. The molecule has 10 nitrogen and oxygen atoms in total. The van der Waals surface area contributed by atoms with Gasteiger partial charge in [-0.05, 0) is 33.3 Å². The molecule has 10 heteroatoms. The largest absolute Gasteiger partial charge is 0.372 e. The highest BCUT2D eigenvalue weighted by Gasteiger charge is 2.32. The molecule has 0 radical (unpaired) electrons. The van der Waals surface area contributed by atoms with Gasteiger partial charge in [-0.1, -0.05) is 30.3 Å². The first kappa shape index (κ1) is 23.8. The second-order valence-corrected chi connectivity index (χ2v) is 9.08. The zero-order valence-electron chi connectivity index (χ0n) is 20.9. The zero-order chi connectivity index (χ0) is 25.2. The first-order chi connectivity index (χ1) is 17.4. The number of imidazole rings is 1. The fourth-order valence-electron chi connectivity index (χ4n) is 4.68. The van der Waals surface area contributed by atoms with Crippen LogP contribution >= 0.6 is 0 Å². The molecule has 1 saturated heterocycles. The van der Waals surface area contributed by atoms with Gasteiger partial charge in [0.1, 0.15) is 24.0 Å². The molecule has 0 aliphatic carbocycles. The van der Waals surface area contributed by atoms with Crippen molar-refractivity contribution in [3.63, 3.8) is 0 Å². The van der Waals surface area contributed by atoms with Crippen LogP contribution in [0.5, 0.6) is 0 Å². The summed E-state index contributed by atoms with van der Waals surface area (Å²) in [4.78, 5) is 38.2. The molecule has 1 aromatic carbocycles. The molecule has 186 valence electrons. The number of fused-ring (bicyclic) bond motifs is 1. The second kappa shape index (κ2) is 9.98. The molecule has 3 aromatic heterocycles. The Hall–Kier alpha value is -3.92. The maximum Gasteiger partial charge on any atom is 0.249 e. The van der Waals surface area contributed by atoms with Crippen LogP contribution in [0.25, 0.3) is 22.6 Å². The number of carbonyl (C=O) groups excluding carboxylic acids is 1. The number of amides is 1. The highest BCUT2D eigenvalue weighted by atomic mass is 16.5. The number of aryl methyl sites for hydroxylation is 2. The van der Waals surface area contributed by atoms with E-state index in [1.54, 1.807) is 12.4 Å². The SMILES string of the molecule is CCn1c(-c2cnc(C)nc2)nc2c(NC(C(=O)N3CC(C)OC(C)C3)c3ccccc3)ncnc21. The summed E-state index contributed by atoms with van der Waals surface area (Å²) < 4.78 is 7.85. The fourth-order valence-corrected chi connectivity index (χ4v) is 4.68. The smallest absolute Gasteiger partial charge is 0.249 e. The highest BCUT2D eigenvalue weighted by Crippen LogP contribution is 2.29. The lowest BCUT2D eigenvalue weighted by Gasteiger charge is -2.37. The van der Waals surface area contributed by atoms with Crippen molar-refractivity contribution in [2.24, 2.45) is 0 Å². The summed E-state index contributed by atoms with van der Waals surface area (Å²) in [6, 6.07) is 9.05. The quantitative estimate of drug-likeness (QED) is 0.441. The van der Waals surface area contributed by atoms with Crippen LogP contribution in [0.3, 0.4) is 0 Å². The average molecular weight is 487 g/mol. The summed E-state index contributed by atoms with van der Waals surface area (Å²) in [5.74, 6) is 1.86. The summed E-state index contributed by atoms with van der Waals surface area (Å²) in [6.07, 6.45) is 4.96. The van der Waals surface area contributed by atoms with Gasteiger partial charge in [0, 0.05) is 32.0 Å². The molecule has 1 amide bonds. The Bertz CT molecular complexity index is 1350. The third-order valence-electron chi connectivity index (χ3n) is 6.28. The first-order valence-corrected chi connectivity index (χ1v) is 12.2. The van der Waals surface area contributed by atoms with Crippen LogP contribution in [0, 0.1) is 6.92 Å². The van der Waals surface area contributed by atoms with Crippen LogP contribution in [-0.2, 0) is 16.1 Å². The summed E-state index contributed by atoms with van der Waals surface area (Å²) in [6.45, 7) is 9.58. The van der Waals surface area contributed by atoms with Gasteiger partial charge in [0.2, 0.25) is 5.91 Å². The monoisotopic (exact) mass is 486 g/mol. The number of morpholine rings is 1. The van der Waals surface area contributed by atoms with Crippen molar-refractivity contribution in [3.05, 3.63) is 60.4 Å². The van der Waals surface area contributed by atoms with Crippen molar-refractivity contribution in [1.82, 2.24) is 34.4 Å². The average Bonchev–Trinajstić information content (AvgIpc) is 3.26. The number of nitrogens with zero attached hydrogens (tertiary/aromatic N) is 7. The molecule has 4 aromatic rings. The Morgan fingerprint density at radius 3 is 2.44 bits per heavy atom. The second-order valence-electron chi connectivity index (χ2n) is 9.08. The predicted molar refractivity (Wildman–Crippen MR) is 136 cm³/mol. The molecule has 36 heavy (non-hydrogen) atoms. The third kappa shape index (κ3) is 4.64. The number of benzene rings is 1. The maximum atomic E-state index is 13.8. The molecule has 3 unspecified atom stereocenters. The van der Waals surface area contributed by atoms with Crippen LogP contribution in [0.2, 0.25) is 0 Å². The number of anilines is 1. The predicted octanol–water partition coefficient (Wildman–Crippen LogP) is 3.40. The summed E-state index contributed by atoms with van der Waals surface area (Å²) in [7, 11) is 0. The molecule has 5 rings (SSSR count). The Kier molecular flexibility index (Phi) is 6.60. The number of nitrogens with one attached hydrogen (secondary N) is 1. The van der Waals surface area contributed by atoms with Gasteiger partial charge in [0.05, 0.1) is 17.8 Å². The Labute approximate surface area is 209 Å². The highest BCUT2D eigenvalue weighted by molar-refractivity contribution is 5.91. The van der Waals surface area contributed by atoms with Crippen LogP contribution in [0.4, 0.5) is 5.82 Å². The van der Waals surface area contributed by atoms with E-state index in [0.717, 1.165) is 11.1 Å². The summed E-state index contributed by atoms with van der Waals surface area (Å²) >= 11 is 0. The minimum Gasteiger partial charge on any atom is -0.372 e. The van der Waals surface area contributed by atoms with Crippen LogP contribution in [0.15, 0.2) is 49.1 Å². The van der Waals surface area contributed by atoms with Crippen molar-refractivity contribution in [2.45, 2.75) is 52.5 Å². The number of hydrogen-bond acceptors (Lipinski definition) is 8. The first-order valence-electron chi connectivity index (χ1n) is 12.2. The number of aromatic nitrogens is 6. The van der Waals surface area contributed by atoms with E-state index in [-0.39, 0.29) is 18.1 Å². The summed E-state index contributed by atoms with van der Waals surface area (Å²) in [5, 5.41) is 3.40. The van der Waals surface area contributed by atoms with Gasteiger partial charge in [-0.25, -0.2) is 24.9 Å². The minimum absolute atomic E-state index is 0.0283. The summed E-state index contributed by atoms with van der Waals surface area (Å²) in [5.41, 5.74) is 2.91. The normalized spacial score (nSPS) is 18.8. The van der Waals surface area contributed by atoms with E-state index in [1.165, 1.54) is 6.33 Å². The third-order valence-corrected chi connectivity index (χ3v) is 6.28. The van der Waals surface area contributed by atoms with E-state index in [0.29, 0.717) is 48.3 Å². The van der Waals surface area contributed by atoms with E-state index in [9.17, 15) is 4.79 Å². The van der Waals surface area contributed by atoms with Crippen molar-refractivity contribution >= 4 is 22.9 Å². The standard InChI is InChI=1S/C26H30N8O2/c1-5-34-24(20-11-27-18(4)28-12-20)32-22-23(29-15-30-25(22)34)31-21(19-9-7-6-8-10-19)26(35)33-13-16(2)36-17(3)14-33/h6-12,15-17,21H,5,13-14H2,1-4H3,(H,29,30,31). The zero-order valence-corrected chi connectivity index (χ0v) is 20.9. The minimum atomic E-state index is -0.639. The lowest BCUT2D eigenvalue weighted by Crippen LogP contribution is -2.50. The van der Waals surface area contributed by atoms with Crippen molar-refractivity contribution in [3.8, 4) is 11.4 Å². The number of rotatable bonds is 6. The lowest BCUT2D eigenvalue weighted by atomic mass is 10.0. The van der Waals surface area contributed by atoms with E-state index >= 15 is 0 Å². The molecule has 3 atom stereocenters. The molecular weight excluding hydrogens is 456 g/mol. The van der Waals surface area contributed by atoms with E-state index in [4.69, 9.17) is 9.72 Å². The van der Waals surface area contributed by atoms with Gasteiger partial charge in [0.25, 0.3) is 0 Å². The van der Waals surface area contributed by atoms with Crippen molar-refractivity contribution in [1.29, 1.82) is 0 Å². The number of hydrogen-bond donors (Lipinski definition) is 1. The molecule has 1 aliphatic rings. The van der Waals surface area contributed by atoms with Gasteiger partial charge in [-0.15, -0.1) is 0 Å². The molecule has 0 spiro atoms. The fraction of sp³-hybridized carbons (Fsp3) is 0.385. The van der Waals surface area contributed by atoms with E-state index in [1.807, 2.05) is 67.5 Å². The number of carbonyl (C=O) groups is 1. The topological polar surface area (TPSA) is 111 Å². The van der Waals surface area contributed by atoms with Crippen LogP contribution < -0.4 is 5.32 Å². The van der Waals surface area contributed by atoms with Crippen LogP contribution in [0.1, 0.15) is 38.2 Å². The van der Waals surface area contributed by atoms with Crippen molar-refractivity contribution < 1.29 is 9.53 Å². The van der Waals surface area contributed by atoms with Crippen molar-refractivity contribution in [2.75, 3.05) is 18.4 Å². The molecule has 0 bridgehead atoms. The Morgan fingerprint density at radius 1 is 1.08 bits per heavy atom. The molecule has 0 saturated carbocycles. The molecule has 1 N–H and O–H groups in total. The molecule has 1 fully saturated rings. The van der Waals surface area contributed by atoms with Gasteiger partial charge in [-0.3, -0.25) is 4.79 Å². The Balaban J connectivity index is 1.56. The van der Waals surface area contributed by atoms with Gasteiger partial charge in [0.15, 0.2) is 17.0 Å². The van der Waals surface area contributed by atoms with Gasteiger partial charge in [-0.2, -0.15) is 0 Å². The molecule has 4 heterocycles. The molecular formula is C26H30N8O2. The van der Waals surface area contributed by atoms with Gasteiger partial charge < -0.3 is 19.5 Å². The van der Waals surface area contributed by atoms with Gasteiger partial charge >= 0.3 is 0 Å².